The Bertz CT molecular complexity index is 145. The van der Waals surface area contributed by atoms with Crippen molar-refractivity contribution in [1.29, 1.82) is 0 Å². The van der Waals surface area contributed by atoms with Gasteiger partial charge in [0.15, 0.2) is 0 Å². The molecule has 0 fully saturated rings. The molecule has 0 aromatic rings. The summed E-state index contributed by atoms with van der Waals surface area (Å²) in [6, 6.07) is 0. The summed E-state index contributed by atoms with van der Waals surface area (Å²) >= 11 is 0. The third-order valence-corrected chi connectivity index (χ3v) is 1.54. The summed E-state index contributed by atoms with van der Waals surface area (Å²) in [6.07, 6.45) is 8.31. The molecule has 0 spiro atoms. The van der Waals surface area contributed by atoms with Crippen LogP contribution in [0.25, 0.3) is 0 Å². The molecule has 0 amide bonds. The summed E-state index contributed by atoms with van der Waals surface area (Å²) in [7, 11) is 0. The lowest BCUT2D eigenvalue weighted by Gasteiger charge is -1.84. The summed E-state index contributed by atoms with van der Waals surface area (Å²) in [6.45, 7) is 19.7. The molecule has 0 nitrogen and oxygen atoms in total. The molecule has 0 N–H and O–H groups in total. The number of rotatable bonds is 3. The number of allylic oxidation sites excluding steroid dienone is 4. The molecule has 0 heteroatoms. The second-order valence-electron chi connectivity index (χ2n) is 3.92. The average molecular weight is 210 g/mol. The Hall–Kier alpha value is -0.780. The SMILES string of the molecule is C=CC(C)C.C=CCCC.CC=C(C)C. The minimum atomic E-state index is 0.648. The van der Waals surface area contributed by atoms with Crippen LogP contribution in [0.5, 0.6) is 0 Å². The van der Waals surface area contributed by atoms with Crippen molar-refractivity contribution in [1.82, 2.24) is 0 Å². The standard InChI is InChI=1S/3C5H10/c2*1-4-5(2)3;1-3-5-4-2/h4H,1-3H3;4-5H,1H2,2-3H3;3H,1,4-5H2,2H3. The van der Waals surface area contributed by atoms with Crippen molar-refractivity contribution in [2.24, 2.45) is 5.92 Å². The molecule has 0 unspecified atom stereocenters. The van der Waals surface area contributed by atoms with Gasteiger partial charge in [-0.15, -0.1) is 13.2 Å². The van der Waals surface area contributed by atoms with Gasteiger partial charge >= 0.3 is 0 Å². The van der Waals surface area contributed by atoms with Gasteiger partial charge in [-0.05, 0) is 33.1 Å². The first-order chi connectivity index (χ1) is 6.95. The Kier molecular flexibility index (Phi) is 24.9. The number of hydrogen-bond acceptors (Lipinski definition) is 0. The molecule has 0 aliphatic carbocycles. The van der Waals surface area contributed by atoms with E-state index in [1.54, 1.807) is 0 Å². The highest BCUT2D eigenvalue weighted by molar-refractivity contribution is 4.88. The molecular formula is C15H30. The van der Waals surface area contributed by atoms with Gasteiger partial charge in [0, 0.05) is 0 Å². The first-order valence-electron chi connectivity index (χ1n) is 5.79. The van der Waals surface area contributed by atoms with Gasteiger partial charge in [0.2, 0.25) is 0 Å². The maximum Gasteiger partial charge on any atom is -0.0293 e. The smallest absolute Gasteiger partial charge is 0.0293 e. The first kappa shape index (κ1) is 19.7. The fourth-order valence-electron chi connectivity index (χ4n) is 0.204. The predicted molar refractivity (Wildman–Crippen MR) is 75.2 cm³/mol. The second kappa shape index (κ2) is 18.9. The summed E-state index contributed by atoms with van der Waals surface area (Å²) in [5.41, 5.74) is 1.38. The van der Waals surface area contributed by atoms with Crippen LogP contribution in [-0.2, 0) is 0 Å². The quantitative estimate of drug-likeness (QED) is 0.518. The normalized spacial score (nSPS) is 7.67. The minimum absolute atomic E-state index is 0.648. The molecular weight excluding hydrogens is 180 g/mol. The van der Waals surface area contributed by atoms with Crippen LogP contribution < -0.4 is 0 Å². The van der Waals surface area contributed by atoms with E-state index in [4.69, 9.17) is 0 Å². The van der Waals surface area contributed by atoms with Crippen LogP contribution >= 0.6 is 0 Å². The number of hydrogen-bond donors (Lipinski definition) is 0. The molecule has 0 atom stereocenters. The monoisotopic (exact) mass is 210 g/mol. The molecule has 0 saturated heterocycles. The van der Waals surface area contributed by atoms with Crippen LogP contribution in [0.1, 0.15) is 54.4 Å². The zero-order valence-corrected chi connectivity index (χ0v) is 11.6. The van der Waals surface area contributed by atoms with E-state index in [0.29, 0.717) is 5.92 Å². The van der Waals surface area contributed by atoms with E-state index in [-0.39, 0.29) is 0 Å². The largest absolute Gasteiger partial charge is 0.103 e. The Balaban J connectivity index is -0.000000144. The maximum absolute atomic E-state index is 3.56. The third-order valence-electron chi connectivity index (χ3n) is 1.54. The molecule has 0 aliphatic rings. The molecule has 0 rings (SSSR count). The third kappa shape index (κ3) is 61.1. The molecule has 0 aliphatic heterocycles. The molecule has 0 bridgehead atoms. The van der Waals surface area contributed by atoms with Gasteiger partial charge in [-0.25, -0.2) is 0 Å². The summed E-state index contributed by atoms with van der Waals surface area (Å²) in [5.74, 6) is 0.648. The van der Waals surface area contributed by atoms with Crippen LogP contribution in [0.4, 0.5) is 0 Å². The van der Waals surface area contributed by atoms with E-state index < -0.39 is 0 Å². The van der Waals surface area contributed by atoms with Gasteiger partial charge in [-0.2, -0.15) is 0 Å². The molecule has 0 aromatic heterocycles. The van der Waals surface area contributed by atoms with Crippen molar-refractivity contribution < 1.29 is 0 Å². The first-order valence-corrected chi connectivity index (χ1v) is 5.79. The van der Waals surface area contributed by atoms with Gasteiger partial charge in [-0.1, -0.05) is 51.0 Å². The van der Waals surface area contributed by atoms with Gasteiger partial charge in [0.25, 0.3) is 0 Å². The molecule has 0 radical (unpaired) electrons. The highest BCUT2D eigenvalue weighted by Gasteiger charge is 1.73. The summed E-state index contributed by atoms with van der Waals surface area (Å²) < 4.78 is 0. The molecule has 0 saturated carbocycles. The van der Waals surface area contributed by atoms with Crippen molar-refractivity contribution in [2.75, 3.05) is 0 Å². The van der Waals surface area contributed by atoms with Crippen LogP contribution in [0, 0.1) is 5.92 Å². The lowest BCUT2D eigenvalue weighted by molar-refractivity contribution is 0.835. The van der Waals surface area contributed by atoms with Gasteiger partial charge in [0.1, 0.15) is 0 Å². The maximum atomic E-state index is 3.56. The van der Waals surface area contributed by atoms with E-state index in [2.05, 4.69) is 53.9 Å². The van der Waals surface area contributed by atoms with Crippen LogP contribution in [0.2, 0.25) is 0 Å². The molecule has 90 valence electrons. The molecule has 15 heavy (non-hydrogen) atoms. The number of unbranched alkanes of at least 4 members (excludes halogenated alkanes) is 1. The van der Waals surface area contributed by atoms with E-state index >= 15 is 0 Å². The minimum Gasteiger partial charge on any atom is -0.103 e. The van der Waals surface area contributed by atoms with Crippen molar-refractivity contribution in [2.45, 2.75) is 54.4 Å². The van der Waals surface area contributed by atoms with Crippen molar-refractivity contribution in [3.8, 4) is 0 Å². The van der Waals surface area contributed by atoms with Crippen LogP contribution in [-0.4, -0.2) is 0 Å². The van der Waals surface area contributed by atoms with E-state index in [0.717, 1.165) is 6.42 Å². The van der Waals surface area contributed by atoms with E-state index in [9.17, 15) is 0 Å². The highest BCUT2D eigenvalue weighted by Crippen LogP contribution is 1.87. The van der Waals surface area contributed by atoms with Gasteiger partial charge in [-0.3, -0.25) is 0 Å². The molecule has 0 heterocycles. The Morgan fingerprint density at radius 3 is 1.53 bits per heavy atom. The zero-order valence-electron chi connectivity index (χ0n) is 11.6. The topological polar surface area (TPSA) is 0 Å². The van der Waals surface area contributed by atoms with Crippen LogP contribution in [0.15, 0.2) is 37.0 Å². The zero-order chi connectivity index (χ0) is 12.7. The Labute approximate surface area is 97.8 Å². The Morgan fingerprint density at radius 1 is 1.20 bits per heavy atom. The fraction of sp³-hybridized carbons (Fsp3) is 0.600. The predicted octanol–water partition coefficient (Wildman–Crippen LogP) is 5.77. The van der Waals surface area contributed by atoms with Crippen LogP contribution in [0.3, 0.4) is 0 Å². The molecule has 0 aromatic carbocycles. The van der Waals surface area contributed by atoms with E-state index in [1.807, 2.05) is 19.1 Å². The Morgan fingerprint density at radius 2 is 1.53 bits per heavy atom. The lowest BCUT2D eigenvalue weighted by Crippen LogP contribution is -1.71. The van der Waals surface area contributed by atoms with Crippen molar-refractivity contribution >= 4 is 0 Å². The van der Waals surface area contributed by atoms with Gasteiger partial charge < -0.3 is 0 Å². The fourth-order valence-corrected chi connectivity index (χ4v) is 0.204. The second-order valence-corrected chi connectivity index (χ2v) is 3.92. The highest BCUT2D eigenvalue weighted by atomic mass is 13.8. The van der Waals surface area contributed by atoms with Crippen molar-refractivity contribution in [3.63, 3.8) is 0 Å². The summed E-state index contributed by atoms with van der Waals surface area (Å²) in [4.78, 5) is 0. The lowest BCUT2D eigenvalue weighted by atomic mass is 10.2. The van der Waals surface area contributed by atoms with Crippen molar-refractivity contribution in [3.05, 3.63) is 37.0 Å². The van der Waals surface area contributed by atoms with Gasteiger partial charge in [0.05, 0.1) is 0 Å². The van der Waals surface area contributed by atoms with E-state index in [1.165, 1.54) is 12.0 Å². The summed E-state index contributed by atoms with van der Waals surface area (Å²) in [5, 5.41) is 0. The average Bonchev–Trinajstić information content (AvgIpc) is 2.20.